The Bertz CT molecular complexity index is 846. The highest BCUT2D eigenvalue weighted by Gasteiger charge is 2.31. The number of piperidine rings is 1. The fourth-order valence-electron chi connectivity index (χ4n) is 3.53. The molecule has 150 valence electrons. The number of hydrogen-bond donors (Lipinski definition) is 0. The Morgan fingerprint density at radius 1 is 1.25 bits per heavy atom. The number of nitrogens with zero attached hydrogens (tertiary/aromatic N) is 3. The van der Waals surface area contributed by atoms with Gasteiger partial charge in [0.15, 0.2) is 0 Å². The molecule has 2 heterocycles. The van der Waals surface area contributed by atoms with Gasteiger partial charge in [-0.25, -0.2) is 0 Å². The van der Waals surface area contributed by atoms with E-state index in [-0.39, 0.29) is 17.8 Å². The summed E-state index contributed by atoms with van der Waals surface area (Å²) in [6.45, 7) is 5.72. The molecule has 0 bridgehead atoms. The Labute approximate surface area is 165 Å². The summed E-state index contributed by atoms with van der Waals surface area (Å²) in [6.07, 6.45) is 1.54. The summed E-state index contributed by atoms with van der Waals surface area (Å²) < 4.78 is 12.1. The lowest BCUT2D eigenvalue weighted by Crippen LogP contribution is -2.43. The lowest BCUT2D eigenvalue weighted by molar-refractivity contribution is -0.149. The summed E-state index contributed by atoms with van der Waals surface area (Å²) in [5.41, 5.74) is 2.15. The molecule has 7 nitrogen and oxygen atoms in total. The van der Waals surface area contributed by atoms with Crippen molar-refractivity contribution >= 4 is 11.9 Å². The molecule has 1 amide bonds. The molecule has 0 spiro atoms. The van der Waals surface area contributed by atoms with Crippen LogP contribution < -0.4 is 4.74 Å². The molecule has 0 radical (unpaired) electrons. The van der Waals surface area contributed by atoms with E-state index < -0.39 is 0 Å². The predicted octanol–water partition coefficient (Wildman–Crippen LogP) is 2.99. The normalized spacial score (nSPS) is 16.7. The van der Waals surface area contributed by atoms with E-state index in [0.717, 1.165) is 29.8 Å². The maximum atomic E-state index is 13.2. The van der Waals surface area contributed by atoms with Crippen molar-refractivity contribution in [1.29, 1.82) is 0 Å². The lowest BCUT2D eigenvalue weighted by atomic mass is 9.98. The van der Waals surface area contributed by atoms with Crippen molar-refractivity contribution in [2.24, 2.45) is 5.92 Å². The first-order chi connectivity index (χ1) is 13.6. The van der Waals surface area contributed by atoms with Gasteiger partial charge in [-0.15, -0.1) is 0 Å². The second-order valence-electron chi connectivity index (χ2n) is 6.80. The van der Waals surface area contributed by atoms with Crippen LogP contribution in [0.4, 0.5) is 0 Å². The summed E-state index contributed by atoms with van der Waals surface area (Å²) in [5, 5.41) is 4.60. The second-order valence-corrected chi connectivity index (χ2v) is 6.80. The molecule has 2 aromatic rings. The van der Waals surface area contributed by atoms with Gasteiger partial charge in [-0.05, 0) is 44.9 Å². The fourth-order valence-corrected chi connectivity index (χ4v) is 3.53. The van der Waals surface area contributed by atoms with Crippen molar-refractivity contribution in [2.45, 2.75) is 33.2 Å². The number of ether oxygens (including phenoxy) is 2. The van der Waals surface area contributed by atoms with Crippen LogP contribution in [0.3, 0.4) is 0 Å². The number of esters is 1. The number of aryl methyl sites for hydroxylation is 1. The van der Waals surface area contributed by atoms with Crippen LogP contribution in [0.1, 0.15) is 37.2 Å². The SMILES string of the molecule is CCOC(=O)C1CCCN(C(=O)c2cc(-c3cccc(OC)c3)nn2CC)C1. The Morgan fingerprint density at radius 3 is 2.79 bits per heavy atom. The minimum Gasteiger partial charge on any atom is -0.497 e. The quantitative estimate of drug-likeness (QED) is 0.715. The molecule has 1 aliphatic rings. The van der Waals surface area contributed by atoms with Crippen LogP contribution >= 0.6 is 0 Å². The van der Waals surface area contributed by atoms with Crippen LogP contribution in [0.25, 0.3) is 11.3 Å². The molecule has 0 saturated carbocycles. The Hall–Kier alpha value is -2.83. The molecule has 3 rings (SSSR count). The van der Waals surface area contributed by atoms with Gasteiger partial charge in [-0.2, -0.15) is 5.10 Å². The maximum Gasteiger partial charge on any atom is 0.310 e. The minimum atomic E-state index is -0.256. The van der Waals surface area contributed by atoms with E-state index >= 15 is 0 Å². The summed E-state index contributed by atoms with van der Waals surface area (Å²) in [7, 11) is 1.62. The summed E-state index contributed by atoms with van der Waals surface area (Å²) in [5.74, 6) is 0.164. The van der Waals surface area contributed by atoms with E-state index in [1.165, 1.54) is 0 Å². The van der Waals surface area contributed by atoms with Crippen molar-refractivity contribution in [3.8, 4) is 17.0 Å². The van der Waals surface area contributed by atoms with Gasteiger partial charge in [0.05, 0.1) is 25.3 Å². The van der Waals surface area contributed by atoms with Gasteiger partial charge < -0.3 is 14.4 Å². The minimum absolute atomic E-state index is 0.0995. The van der Waals surface area contributed by atoms with Gasteiger partial charge in [0.25, 0.3) is 5.91 Å². The summed E-state index contributed by atoms with van der Waals surface area (Å²) in [6, 6.07) is 9.42. The molecular formula is C21H27N3O4. The molecule has 1 aromatic heterocycles. The van der Waals surface area contributed by atoms with Gasteiger partial charge >= 0.3 is 5.97 Å². The summed E-state index contributed by atoms with van der Waals surface area (Å²) >= 11 is 0. The third kappa shape index (κ3) is 4.18. The highest BCUT2D eigenvalue weighted by molar-refractivity contribution is 5.94. The van der Waals surface area contributed by atoms with E-state index in [2.05, 4.69) is 5.10 Å². The molecule has 1 saturated heterocycles. The van der Waals surface area contributed by atoms with Crippen molar-refractivity contribution < 1.29 is 19.1 Å². The smallest absolute Gasteiger partial charge is 0.310 e. The fraction of sp³-hybridized carbons (Fsp3) is 0.476. The number of amides is 1. The zero-order chi connectivity index (χ0) is 20.1. The van der Waals surface area contributed by atoms with Crippen LogP contribution in [0.5, 0.6) is 5.75 Å². The first-order valence-corrected chi connectivity index (χ1v) is 9.75. The number of hydrogen-bond acceptors (Lipinski definition) is 5. The van der Waals surface area contributed by atoms with E-state index in [4.69, 9.17) is 9.47 Å². The van der Waals surface area contributed by atoms with Gasteiger partial charge in [0.1, 0.15) is 11.4 Å². The van der Waals surface area contributed by atoms with Crippen molar-refractivity contribution in [3.05, 3.63) is 36.0 Å². The molecular weight excluding hydrogens is 358 g/mol. The number of rotatable bonds is 6. The van der Waals surface area contributed by atoms with Crippen LogP contribution in [-0.4, -0.2) is 53.4 Å². The average Bonchev–Trinajstić information content (AvgIpc) is 3.18. The molecule has 1 atom stereocenters. The number of aromatic nitrogens is 2. The lowest BCUT2D eigenvalue weighted by Gasteiger charge is -2.31. The number of likely N-dealkylation sites (tertiary alicyclic amines) is 1. The van der Waals surface area contributed by atoms with Gasteiger partial charge in [0.2, 0.25) is 0 Å². The second kappa shape index (κ2) is 8.91. The number of methoxy groups -OCH3 is 1. The van der Waals surface area contributed by atoms with E-state index in [1.54, 1.807) is 23.6 Å². The Kier molecular flexibility index (Phi) is 6.34. The monoisotopic (exact) mass is 385 g/mol. The third-order valence-corrected chi connectivity index (χ3v) is 4.99. The van der Waals surface area contributed by atoms with Gasteiger partial charge in [0, 0.05) is 25.2 Å². The predicted molar refractivity (Wildman–Crippen MR) is 105 cm³/mol. The highest BCUT2D eigenvalue weighted by atomic mass is 16.5. The molecule has 0 N–H and O–H groups in total. The standard InChI is InChI=1S/C21H27N3O4/c1-4-24-19(13-18(22-24)15-8-6-10-17(12-15)27-3)20(25)23-11-7-9-16(14-23)21(26)28-5-2/h6,8,10,12-13,16H,4-5,7,9,11,14H2,1-3H3. The van der Waals surface area contributed by atoms with Crippen LogP contribution in [0.15, 0.2) is 30.3 Å². The average molecular weight is 385 g/mol. The molecule has 7 heteroatoms. The Morgan fingerprint density at radius 2 is 2.07 bits per heavy atom. The zero-order valence-electron chi connectivity index (χ0n) is 16.7. The topological polar surface area (TPSA) is 73.7 Å². The van der Waals surface area contributed by atoms with Crippen molar-refractivity contribution in [1.82, 2.24) is 14.7 Å². The van der Waals surface area contributed by atoms with E-state index in [0.29, 0.717) is 31.9 Å². The molecule has 1 unspecified atom stereocenters. The molecule has 28 heavy (non-hydrogen) atoms. The number of carbonyl (C=O) groups is 2. The van der Waals surface area contributed by atoms with Crippen LogP contribution in [-0.2, 0) is 16.1 Å². The third-order valence-electron chi connectivity index (χ3n) is 4.99. The highest BCUT2D eigenvalue weighted by Crippen LogP contribution is 2.25. The molecule has 0 aliphatic carbocycles. The van der Waals surface area contributed by atoms with Gasteiger partial charge in [-0.1, -0.05) is 12.1 Å². The van der Waals surface area contributed by atoms with Crippen LogP contribution in [0, 0.1) is 5.92 Å². The first kappa shape index (κ1) is 19.9. The summed E-state index contributed by atoms with van der Waals surface area (Å²) in [4.78, 5) is 27.0. The van der Waals surface area contributed by atoms with Crippen LogP contribution in [0.2, 0.25) is 0 Å². The zero-order valence-corrected chi connectivity index (χ0v) is 16.7. The van der Waals surface area contributed by atoms with E-state index in [9.17, 15) is 9.59 Å². The number of carbonyl (C=O) groups excluding carboxylic acids is 2. The molecule has 1 aliphatic heterocycles. The van der Waals surface area contributed by atoms with Crippen molar-refractivity contribution in [3.63, 3.8) is 0 Å². The molecule has 1 aromatic carbocycles. The van der Waals surface area contributed by atoms with Gasteiger partial charge in [-0.3, -0.25) is 14.3 Å². The van der Waals surface area contributed by atoms with Crippen molar-refractivity contribution in [2.75, 3.05) is 26.8 Å². The molecule has 1 fully saturated rings. The van der Waals surface area contributed by atoms with E-state index in [1.807, 2.05) is 37.3 Å². The Balaban J connectivity index is 1.83. The maximum absolute atomic E-state index is 13.2. The number of benzene rings is 1. The largest absolute Gasteiger partial charge is 0.497 e. The first-order valence-electron chi connectivity index (χ1n) is 9.75.